The SMILES string of the molecule is CCc1nnc(-c2ccccc2)c2c1C1CCC2C1. The van der Waals surface area contributed by atoms with Gasteiger partial charge < -0.3 is 0 Å². The number of hydrogen-bond donors (Lipinski definition) is 0. The van der Waals surface area contributed by atoms with Crippen LogP contribution in [0.2, 0.25) is 0 Å². The Bertz CT molecular complexity index is 619. The summed E-state index contributed by atoms with van der Waals surface area (Å²) in [6.45, 7) is 2.19. The van der Waals surface area contributed by atoms with Gasteiger partial charge in [0.2, 0.25) is 0 Å². The number of rotatable bonds is 2. The molecule has 0 radical (unpaired) electrons. The molecule has 2 aromatic rings. The van der Waals surface area contributed by atoms with Crippen LogP contribution in [0, 0.1) is 0 Å². The number of nitrogens with zero attached hydrogens (tertiary/aromatic N) is 2. The molecule has 2 unspecified atom stereocenters. The fraction of sp³-hybridized carbons (Fsp3) is 0.412. The highest BCUT2D eigenvalue weighted by molar-refractivity contribution is 5.67. The molecule has 1 heterocycles. The third-order valence-corrected chi connectivity index (χ3v) is 4.76. The predicted molar refractivity (Wildman–Crippen MR) is 76.2 cm³/mol. The van der Waals surface area contributed by atoms with Gasteiger partial charge in [0.15, 0.2) is 0 Å². The standard InChI is InChI=1S/C17H18N2/c1-2-14-15-12-8-9-13(10-12)16(15)17(19-18-14)11-6-4-3-5-7-11/h3-7,12-13H,2,8-10H2,1H3. The number of fused-ring (bicyclic) bond motifs is 5. The van der Waals surface area contributed by atoms with E-state index in [4.69, 9.17) is 0 Å². The Morgan fingerprint density at radius 1 is 1.00 bits per heavy atom. The van der Waals surface area contributed by atoms with E-state index >= 15 is 0 Å². The Labute approximate surface area is 113 Å². The summed E-state index contributed by atoms with van der Waals surface area (Å²) in [6.07, 6.45) is 5.03. The van der Waals surface area contributed by atoms with Gasteiger partial charge in [-0.05, 0) is 48.6 Å². The molecule has 2 atom stereocenters. The van der Waals surface area contributed by atoms with E-state index in [-0.39, 0.29) is 0 Å². The highest BCUT2D eigenvalue weighted by atomic mass is 15.1. The maximum Gasteiger partial charge on any atom is 0.0967 e. The Hall–Kier alpha value is -1.70. The molecule has 1 aromatic carbocycles. The van der Waals surface area contributed by atoms with Gasteiger partial charge in [0.1, 0.15) is 0 Å². The van der Waals surface area contributed by atoms with Crippen LogP contribution < -0.4 is 0 Å². The van der Waals surface area contributed by atoms with Crippen LogP contribution in [0.15, 0.2) is 30.3 Å². The molecule has 0 amide bonds. The smallest absolute Gasteiger partial charge is 0.0967 e. The van der Waals surface area contributed by atoms with Crippen LogP contribution in [0.5, 0.6) is 0 Å². The molecule has 2 bridgehead atoms. The van der Waals surface area contributed by atoms with Gasteiger partial charge in [0.05, 0.1) is 11.4 Å². The quantitative estimate of drug-likeness (QED) is 0.803. The first-order valence-electron chi connectivity index (χ1n) is 7.33. The van der Waals surface area contributed by atoms with Crippen molar-refractivity contribution in [2.45, 2.75) is 44.4 Å². The first kappa shape index (κ1) is 11.2. The third-order valence-electron chi connectivity index (χ3n) is 4.76. The molecule has 1 aromatic heterocycles. The molecule has 0 saturated heterocycles. The van der Waals surface area contributed by atoms with Gasteiger partial charge in [-0.25, -0.2) is 0 Å². The Balaban J connectivity index is 1.96. The van der Waals surface area contributed by atoms with E-state index in [2.05, 4.69) is 47.5 Å². The highest BCUT2D eigenvalue weighted by Crippen LogP contribution is 2.55. The maximum atomic E-state index is 4.56. The zero-order valence-electron chi connectivity index (χ0n) is 11.3. The van der Waals surface area contributed by atoms with Crippen molar-refractivity contribution in [3.8, 4) is 11.3 Å². The van der Waals surface area contributed by atoms with Crippen molar-refractivity contribution in [3.63, 3.8) is 0 Å². The van der Waals surface area contributed by atoms with Crippen molar-refractivity contribution in [3.05, 3.63) is 47.2 Å². The summed E-state index contributed by atoms with van der Waals surface area (Å²) < 4.78 is 0. The molecule has 2 heteroatoms. The highest BCUT2D eigenvalue weighted by Gasteiger charge is 2.41. The summed E-state index contributed by atoms with van der Waals surface area (Å²) >= 11 is 0. The first-order chi connectivity index (χ1) is 9.38. The zero-order valence-corrected chi connectivity index (χ0v) is 11.3. The van der Waals surface area contributed by atoms with Gasteiger partial charge in [0.25, 0.3) is 0 Å². The van der Waals surface area contributed by atoms with E-state index in [9.17, 15) is 0 Å². The molecule has 1 saturated carbocycles. The molecule has 0 aliphatic heterocycles. The van der Waals surface area contributed by atoms with Crippen LogP contribution in [-0.2, 0) is 6.42 Å². The lowest BCUT2D eigenvalue weighted by Gasteiger charge is -2.20. The Morgan fingerprint density at radius 3 is 2.47 bits per heavy atom. The minimum absolute atomic E-state index is 0.732. The average molecular weight is 250 g/mol. The van der Waals surface area contributed by atoms with E-state index < -0.39 is 0 Å². The molecule has 2 aliphatic rings. The second-order valence-electron chi connectivity index (χ2n) is 5.75. The van der Waals surface area contributed by atoms with E-state index in [1.807, 2.05) is 0 Å². The summed E-state index contributed by atoms with van der Waals surface area (Å²) in [5.74, 6) is 1.49. The average Bonchev–Trinajstić information content (AvgIpc) is 3.09. The van der Waals surface area contributed by atoms with Crippen molar-refractivity contribution < 1.29 is 0 Å². The lowest BCUT2D eigenvalue weighted by molar-refractivity contribution is 0.692. The van der Waals surface area contributed by atoms with Crippen molar-refractivity contribution in [1.82, 2.24) is 10.2 Å². The molecular formula is C17H18N2. The van der Waals surface area contributed by atoms with Crippen molar-refractivity contribution in [2.24, 2.45) is 0 Å². The molecular weight excluding hydrogens is 232 g/mol. The van der Waals surface area contributed by atoms with E-state index in [1.54, 1.807) is 5.56 Å². The summed E-state index contributed by atoms with van der Waals surface area (Å²) in [4.78, 5) is 0. The number of aromatic nitrogens is 2. The van der Waals surface area contributed by atoms with Crippen LogP contribution in [0.3, 0.4) is 0 Å². The van der Waals surface area contributed by atoms with Gasteiger partial charge in [-0.2, -0.15) is 5.10 Å². The fourth-order valence-corrected chi connectivity index (χ4v) is 3.95. The van der Waals surface area contributed by atoms with Crippen LogP contribution in [0.4, 0.5) is 0 Å². The summed E-state index contributed by atoms with van der Waals surface area (Å²) in [5.41, 5.74) is 6.67. The Morgan fingerprint density at radius 2 is 1.74 bits per heavy atom. The molecule has 1 fully saturated rings. The molecule has 19 heavy (non-hydrogen) atoms. The van der Waals surface area contributed by atoms with Crippen molar-refractivity contribution in [2.75, 3.05) is 0 Å². The lowest BCUT2D eigenvalue weighted by atomic mass is 9.87. The largest absolute Gasteiger partial charge is 0.155 e. The predicted octanol–water partition coefficient (Wildman–Crippen LogP) is 4.07. The van der Waals surface area contributed by atoms with Gasteiger partial charge in [-0.15, -0.1) is 5.10 Å². The normalized spacial score (nSPS) is 23.6. The second kappa shape index (κ2) is 4.16. The van der Waals surface area contributed by atoms with Gasteiger partial charge in [0, 0.05) is 5.56 Å². The van der Waals surface area contributed by atoms with Crippen molar-refractivity contribution >= 4 is 0 Å². The Kier molecular flexibility index (Phi) is 2.44. The number of hydrogen-bond acceptors (Lipinski definition) is 2. The molecule has 0 spiro atoms. The van der Waals surface area contributed by atoms with Crippen LogP contribution in [0.1, 0.15) is 54.8 Å². The van der Waals surface area contributed by atoms with Crippen LogP contribution >= 0.6 is 0 Å². The van der Waals surface area contributed by atoms with Crippen molar-refractivity contribution in [1.29, 1.82) is 0 Å². The van der Waals surface area contributed by atoms with Crippen LogP contribution in [0.25, 0.3) is 11.3 Å². The third kappa shape index (κ3) is 1.55. The molecule has 0 N–H and O–H groups in total. The monoisotopic (exact) mass is 250 g/mol. The van der Waals surface area contributed by atoms with E-state index in [1.165, 1.54) is 36.1 Å². The topological polar surface area (TPSA) is 25.8 Å². The summed E-state index contributed by atoms with van der Waals surface area (Å²) in [6, 6.07) is 10.5. The minimum atomic E-state index is 0.732. The molecule has 2 aliphatic carbocycles. The van der Waals surface area contributed by atoms with E-state index in [0.717, 1.165) is 24.0 Å². The number of benzene rings is 1. The fourth-order valence-electron chi connectivity index (χ4n) is 3.95. The minimum Gasteiger partial charge on any atom is -0.155 e. The second-order valence-corrected chi connectivity index (χ2v) is 5.75. The van der Waals surface area contributed by atoms with Gasteiger partial charge in [-0.1, -0.05) is 37.3 Å². The molecule has 4 rings (SSSR count). The molecule has 2 nitrogen and oxygen atoms in total. The summed E-state index contributed by atoms with van der Waals surface area (Å²) in [7, 11) is 0. The first-order valence-corrected chi connectivity index (χ1v) is 7.33. The number of aryl methyl sites for hydroxylation is 1. The van der Waals surface area contributed by atoms with Gasteiger partial charge >= 0.3 is 0 Å². The summed E-state index contributed by atoms with van der Waals surface area (Å²) in [5, 5.41) is 9.07. The van der Waals surface area contributed by atoms with Crippen LogP contribution in [-0.4, -0.2) is 10.2 Å². The zero-order chi connectivity index (χ0) is 12.8. The lowest BCUT2D eigenvalue weighted by Crippen LogP contribution is -2.09. The van der Waals surface area contributed by atoms with Gasteiger partial charge in [-0.3, -0.25) is 0 Å². The maximum absolute atomic E-state index is 4.56. The molecule has 96 valence electrons. The van der Waals surface area contributed by atoms with E-state index in [0.29, 0.717) is 0 Å².